The minimum atomic E-state index is 0.555. The van der Waals surface area contributed by atoms with Crippen molar-refractivity contribution in [1.29, 1.82) is 15.8 Å². The Morgan fingerprint density at radius 3 is 1.30 bits per heavy atom. The van der Waals surface area contributed by atoms with Crippen molar-refractivity contribution in [3.8, 4) is 63.0 Å². The van der Waals surface area contributed by atoms with Crippen molar-refractivity contribution in [2.45, 2.75) is 0 Å². The van der Waals surface area contributed by atoms with Gasteiger partial charge in [-0.2, -0.15) is 15.8 Å². The van der Waals surface area contributed by atoms with E-state index in [1.807, 2.05) is 66.7 Å². The fourth-order valence-electron chi connectivity index (χ4n) is 8.10. The zero-order valence-corrected chi connectivity index (χ0v) is 29.8. The van der Waals surface area contributed by atoms with E-state index in [2.05, 4.69) is 123 Å². The topological polar surface area (TPSA) is 94.1 Å². The number of aromatic nitrogens is 3. The molecule has 0 saturated carbocycles. The van der Waals surface area contributed by atoms with Crippen LogP contribution >= 0.6 is 0 Å². The Bertz CT molecular complexity index is 3310. The lowest BCUT2D eigenvalue weighted by atomic mass is 9.98. The number of benzene rings is 7. The van der Waals surface area contributed by atoms with E-state index in [-0.39, 0.29) is 0 Å². The van der Waals surface area contributed by atoms with Crippen molar-refractivity contribution in [3.05, 3.63) is 187 Å². The van der Waals surface area contributed by atoms with E-state index in [0.29, 0.717) is 16.7 Å². The molecule has 0 atom stereocenters. The van der Waals surface area contributed by atoms with Crippen LogP contribution in [0.15, 0.2) is 170 Å². The van der Waals surface area contributed by atoms with Gasteiger partial charge in [-0.1, -0.05) is 72.8 Å². The third-order valence-corrected chi connectivity index (χ3v) is 10.7. The number of hydrogen-bond acceptors (Lipinski definition) is 4. The molecule has 3 heterocycles. The van der Waals surface area contributed by atoms with Gasteiger partial charge in [0.15, 0.2) is 0 Å². The van der Waals surface area contributed by atoms with Crippen LogP contribution in [-0.4, -0.2) is 14.1 Å². The maximum Gasteiger partial charge on any atom is 0.0998 e. The van der Waals surface area contributed by atoms with E-state index in [1.165, 1.54) is 0 Å². The van der Waals surface area contributed by atoms with Crippen LogP contribution in [0.2, 0.25) is 0 Å². The molecule has 7 aromatic carbocycles. The molecule has 0 aliphatic rings. The number of nitrogens with zero attached hydrogens (tertiary/aromatic N) is 6. The Hall–Kier alpha value is -8.24. The Morgan fingerprint density at radius 1 is 0.375 bits per heavy atom. The van der Waals surface area contributed by atoms with Crippen LogP contribution in [0.3, 0.4) is 0 Å². The molecule has 10 rings (SSSR count). The van der Waals surface area contributed by atoms with Gasteiger partial charge in [-0.15, -0.1) is 0 Å². The Labute approximate surface area is 322 Å². The lowest BCUT2D eigenvalue weighted by Crippen LogP contribution is -2.05. The highest BCUT2D eigenvalue weighted by Crippen LogP contribution is 2.42. The molecule has 3 aromatic heterocycles. The van der Waals surface area contributed by atoms with Crippen molar-refractivity contribution in [2.75, 3.05) is 0 Å². The minimum absolute atomic E-state index is 0.555. The number of nitriles is 3. The summed E-state index contributed by atoms with van der Waals surface area (Å²) in [5.41, 5.74) is 13.6. The molecule has 56 heavy (non-hydrogen) atoms. The van der Waals surface area contributed by atoms with E-state index < -0.39 is 0 Å². The smallest absolute Gasteiger partial charge is 0.0998 e. The van der Waals surface area contributed by atoms with E-state index in [9.17, 15) is 15.8 Å². The molecule has 0 radical (unpaired) electrons. The van der Waals surface area contributed by atoms with Gasteiger partial charge in [-0.25, -0.2) is 0 Å². The second-order valence-electron chi connectivity index (χ2n) is 13.8. The highest BCUT2D eigenvalue weighted by Gasteiger charge is 2.23. The number of pyridine rings is 1. The van der Waals surface area contributed by atoms with Crippen molar-refractivity contribution in [3.63, 3.8) is 0 Å². The average molecular weight is 713 g/mol. The molecular formula is C50H28N6. The Balaban J connectivity index is 1.29. The monoisotopic (exact) mass is 712 g/mol. The Kier molecular flexibility index (Phi) is 7.53. The quantitative estimate of drug-likeness (QED) is 0.177. The zero-order chi connectivity index (χ0) is 37.8. The van der Waals surface area contributed by atoms with Crippen molar-refractivity contribution < 1.29 is 0 Å². The lowest BCUT2D eigenvalue weighted by molar-refractivity contribution is 1.09. The molecule has 0 N–H and O–H groups in total. The van der Waals surface area contributed by atoms with Gasteiger partial charge >= 0.3 is 0 Å². The number of fused-ring (bicyclic) bond motifs is 6. The van der Waals surface area contributed by atoms with E-state index in [4.69, 9.17) is 0 Å². The molecule has 0 aliphatic carbocycles. The van der Waals surface area contributed by atoms with Gasteiger partial charge in [0.2, 0.25) is 0 Å². The molecule has 0 aliphatic heterocycles. The van der Waals surface area contributed by atoms with Gasteiger partial charge < -0.3 is 9.13 Å². The van der Waals surface area contributed by atoms with E-state index in [0.717, 1.165) is 88.4 Å². The lowest BCUT2D eigenvalue weighted by Gasteiger charge is -2.19. The number of para-hydroxylation sites is 2. The second kappa shape index (κ2) is 13.0. The van der Waals surface area contributed by atoms with Crippen LogP contribution in [0.25, 0.3) is 88.4 Å². The largest absolute Gasteiger partial charge is 0.307 e. The van der Waals surface area contributed by atoms with E-state index >= 15 is 0 Å². The molecule has 10 aromatic rings. The first-order valence-corrected chi connectivity index (χ1v) is 18.2. The van der Waals surface area contributed by atoms with Gasteiger partial charge in [0, 0.05) is 39.5 Å². The fraction of sp³-hybridized carbons (Fsp3) is 0. The van der Waals surface area contributed by atoms with Crippen LogP contribution < -0.4 is 0 Å². The first kappa shape index (κ1) is 32.4. The summed E-state index contributed by atoms with van der Waals surface area (Å²) in [6.45, 7) is 0. The van der Waals surface area contributed by atoms with Crippen LogP contribution in [0.5, 0.6) is 0 Å². The highest BCUT2D eigenvalue weighted by atomic mass is 15.1. The molecule has 258 valence electrons. The predicted octanol–water partition coefficient (Wildman–Crippen LogP) is 11.9. The van der Waals surface area contributed by atoms with Gasteiger partial charge in [-0.3, -0.25) is 4.98 Å². The fourth-order valence-corrected chi connectivity index (χ4v) is 8.10. The Morgan fingerprint density at radius 2 is 0.821 bits per heavy atom. The van der Waals surface area contributed by atoms with Gasteiger partial charge in [-0.05, 0) is 113 Å². The van der Waals surface area contributed by atoms with Crippen molar-refractivity contribution in [1.82, 2.24) is 14.1 Å². The molecule has 0 saturated heterocycles. The van der Waals surface area contributed by atoms with Gasteiger partial charge in [0.25, 0.3) is 0 Å². The first-order valence-electron chi connectivity index (χ1n) is 18.2. The summed E-state index contributed by atoms with van der Waals surface area (Å²) in [6, 6.07) is 60.3. The van der Waals surface area contributed by atoms with Gasteiger partial charge in [0.1, 0.15) is 0 Å². The molecule has 6 nitrogen and oxygen atoms in total. The maximum absolute atomic E-state index is 10.7. The average Bonchev–Trinajstić information content (AvgIpc) is 3.78. The predicted molar refractivity (Wildman–Crippen MR) is 223 cm³/mol. The molecule has 0 spiro atoms. The van der Waals surface area contributed by atoms with Crippen LogP contribution in [0.4, 0.5) is 0 Å². The number of rotatable bonds is 5. The zero-order valence-electron chi connectivity index (χ0n) is 29.8. The highest BCUT2D eigenvalue weighted by molar-refractivity contribution is 6.13. The van der Waals surface area contributed by atoms with Crippen LogP contribution in [0.1, 0.15) is 16.7 Å². The molecule has 6 heteroatoms. The molecule has 0 bridgehead atoms. The summed E-state index contributed by atoms with van der Waals surface area (Å²) < 4.78 is 4.60. The van der Waals surface area contributed by atoms with Crippen molar-refractivity contribution in [2.24, 2.45) is 0 Å². The van der Waals surface area contributed by atoms with Gasteiger partial charge in [0.05, 0.1) is 68.3 Å². The summed E-state index contributed by atoms with van der Waals surface area (Å²) >= 11 is 0. The third-order valence-electron chi connectivity index (χ3n) is 10.7. The standard InChI is InChI=1S/C50H28N6/c51-29-32-9-13-34(14-10-32)37-17-19-47-43(25-37)40-5-1-3-7-45(40)55(47)49-27-39(31-53)42(36-21-23-54-24-22-36)28-50(49)56-46-8-4-2-6-41(46)44-26-38(18-20-48(44)56)35-15-11-33(30-52)12-16-35/h1-28H. The van der Waals surface area contributed by atoms with Crippen LogP contribution in [-0.2, 0) is 0 Å². The first-order chi connectivity index (χ1) is 27.6. The maximum atomic E-state index is 10.7. The summed E-state index contributed by atoms with van der Waals surface area (Å²) in [5, 5.41) is 33.9. The molecular weight excluding hydrogens is 685 g/mol. The van der Waals surface area contributed by atoms with Crippen molar-refractivity contribution >= 4 is 43.6 Å². The van der Waals surface area contributed by atoms with Crippen LogP contribution in [0, 0.1) is 34.0 Å². The minimum Gasteiger partial charge on any atom is -0.307 e. The molecule has 0 amide bonds. The number of hydrogen-bond donors (Lipinski definition) is 0. The summed E-state index contributed by atoms with van der Waals surface area (Å²) in [4.78, 5) is 4.27. The SMILES string of the molecule is N#Cc1ccc(-c2ccc3c(c2)c2ccccc2n3-c2cc(C#N)c(-c3ccncc3)cc2-n2c3ccccc3c3cc(-c4ccc(C#N)cc4)ccc32)cc1. The normalized spacial score (nSPS) is 11.2. The molecule has 0 unspecified atom stereocenters. The summed E-state index contributed by atoms with van der Waals surface area (Å²) in [5.74, 6) is 0. The summed E-state index contributed by atoms with van der Waals surface area (Å²) in [6.07, 6.45) is 3.52. The molecule has 0 fully saturated rings. The van der Waals surface area contributed by atoms with E-state index in [1.54, 1.807) is 12.4 Å². The summed E-state index contributed by atoms with van der Waals surface area (Å²) in [7, 11) is 0. The third kappa shape index (κ3) is 5.12. The second-order valence-corrected chi connectivity index (χ2v) is 13.8.